The number of hydrogen-bond donors (Lipinski definition) is 1. The third-order valence-corrected chi connectivity index (χ3v) is 5.66. The molecule has 166 valence electrons. The summed E-state index contributed by atoms with van der Waals surface area (Å²) in [4.78, 5) is 51.9. The van der Waals surface area contributed by atoms with E-state index in [9.17, 15) is 19.2 Å². The Bertz CT molecular complexity index is 1030. The van der Waals surface area contributed by atoms with Gasteiger partial charge in [-0.25, -0.2) is 9.69 Å². The van der Waals surface area contributed by atoms with Crippen molar-refractivity contribution in [3.63, 3.8) is 0 Å². The molecule has 2 fully saturated rings. The number of hydrogen-bond acceptors (Lipinski definition) is 6. The normalized spacial score (nSPS) is 18.5. The molecule has 0 radical (unpaired) electrons. The van der Waals surface area contributed by atoms with E-state index in [0.29, 0.717) is 24.2 Å². The van der Waals surface area contributed by atoms with Crippen LogP contribution in [0.1, 0.15) is 42.1 Å². The Kier molecular flexibility index (Phi) is 6.32. The van der Waals surface area contributed by atoms with Crippen molar-refractivity contribution in [1.29, 1.82) is 0 Å². The minimum Gasteiger partial charge on any atom is -0.462 e. The maximum atomic E-state index is 12.8. The summed E-state index contributed by atoms with van der Waals surface area (Å²) in [6.45, 7) is 3.17. The molecule has 2 heterocycles. The molecular formula is C24H25N3O5. The minimum atomic E-state index is -0.618. The molecule has 0 aliphatic carbocycles. The zero-order valence-electron chi connectivity index (χ0n) is 17.9. The van der Waals surface area contributed by atoms with Crippen LogP contribution in [-0.2, 0) is 25.7 Å². The lowest BCUT2D eigenvalue weighted by Gasteiger charge is -2.17. The number of rotatable bonds is 7. The quantitative estimate of drug-likeness (QED) is 0.530. The van der Waals surface area contributed by atoms with Gasteiger partial charge in [0.25, 0.3) is 5.91 Å². The maximum absolute atomic E-state index is 12.8. The van der Waals surface area contributed by atoms with Gasteiger partial charge in [0.15, 0.2) is 0 Å². The van der Waals surface area contributed by atoms with E-state index in [2.05, 4.69) is 5.32 Å². The van der Waals surface area contributed by atoms with Gasteiger partial charge in [-0.3, -0.25) is 14.4 Å². The summed E-state index contributed by atoms with van der Waals surface area (Å²) in [6.07, 6.45) is 1.53. The van der Waals surface area contributed by atoms with Gasteiger partial charge >= 0.3 is 5.97 Å². The molecule has 3 amide bonds. The highest BCUT2D eigenvalue weighted by Crippen LogP contribution is 2.25. The van der Waals surface area contributed by atoms with Crippen molar-refractivity contribution in [3.05, 3.63) is 59.7 Å². The molecular weight excluding hydrogens is 410 g/mol. The molecule has 0 aromatic heterocycles. The van der Waals surface area contributed by atoms with Crippen LogP contribution in [0.5, 0.6) is 0 Å². The highest BCUT2D eigenvalue weighted by molar-refractivity contribution is 6.22. The summed E-state index contributed by atoms with van der Waals surface area (Å²) in [5.74, 6) is -0.920. The first-order chi connectivity index (χ1) is 15.5. The summed E-state index contributed by atoms with van der Waals surface area (Å²) in [5.41, 5.74) is 2.62. The van der Waals surface area contributed by atoms with Crippen molar-refractivity contribution in [2.75, 3.05) is 23.0 Å². The highest BCUT2D eigenvalue weighted by Gasteiger charge is 2.39. The van der Waals surface area contributed by atoms with Crippen molar-refractivity contribution in [3.8, 4) is 0 Å². The number of benzene rings is 2. The number of nitrogens with zero attached hydrogens (tertiary/aromatic N) is 2. The van der Waals surface area contributed by atoms with Gasteiger partial charge in [0, 0.05) is 25.2 Å². The van der Waals surface area contributed by atoms with Crippen molar-refractivity contribution >= 4 is 35.1 Å². The summed E-state index contributed by atoms with van der Waals surface area (Å²) in [7, 11) is 0. The first-order valence-corrected chi connectivity index (χ1v) is 10.7. The fourth-order valence-corrected chi connectivity index (χ4v) is 3.98. The van der Waals surface area contributed by atoms with E-state index in [4.69, 9.17) is 4.74 Å². The molecule has 32 heavy (non-hydrogen) atoms. The average molecular weight is 435 g/mol. The molecule has 8 nitrogen and oxygen atoms in total. The first kappa shape index (κ1) is 21.7. The Morgan fingerprint density at radius 2 is 1.69 bits per heavy atom. The van der Waals surface area contributed by atoms with E-state index >= 15 is 0 Å². The molecule has 4 rings (SSSR count). The molecule has 8 heteroatoms. The Labute approximate surface area is 186 Å². The van der Waals surface area contributed by atoms with E-state index in [1.54, 1.807) is 36.1 Å². The summed E-state index contributed by atoms with van der Waals surface area (Å²) >= 11 is 0. The van der Waals surface area contributed by atoms with Gasteiger partial charge < -0.3 is 15.0 Å². The maximum Gasteiger partial charge on any atom is 0.338 e. The minimum absolute atomic E-state index is 0.0683. The largest absolute Gasteiger partial charge is 0.462 e. The van der Waals surface area contributed by atoms with Crippen LogP contribution < -0.4 is 15.1 Å². The van der Waals surface area contributed by atoms with Crippen molar-refractivity contribution < 1.29 is 23.9 Å². The second-order valence-electron chi connectivity index (χ2n) is 7.79. The number of esters is 1. The van der Waals surface area contributed by atoms with Crippen LogP contribution in [0.4, 0.5) is 11.4 Å². The van der Waals surface area contributed by atoms with Crippen LogP contribution in [0, 0.1) is 0 Å². The van der Waals surface area contributed by atoms with Crippen LogP contribution >= 0.6 is 0 Å². The molecule has 1 atom stereocenters. The van der Waals surface area contributed by atoms with Crippen LogP contribution in [-0.4, -0.2) is 42.9 Å². The van der Waals surface area contributed by atoms with Crippen LogP contribution in [0.3, 0.4) is 0 Å². The summed E-state index contributed by atoms with van der Waals surface area (Å²) in [6, 6.07) is 13.3. The molecule has 0 spiro atoms. The molecule has 0 saturated carbocycles. The predicted molar refractivity (Wildman–Crippen MR) is 118 cm³/mol. The fraction of sp³-hybridized carbons (Fsp3) is 0.333. The molecule has 2 aliphatic heterocycles. The molecule has 0 unspecified atom stereocenters. The van der Waals surface area contributed by atoms with E-state index in [0.717, 1.165) is 29.1 Å². The number of nitrogens with one attached hydrogen (secondary N) is 1. The lowest BCUT2D eigenvalue weighted by molar-refractivity contribution is -0.122. The molecule has 2 aromatic rings. The zero-order chi connectivity index (χ0) is 22.7. The van der Waals surface area contributed by atoms with Crippen LogP contribution in [0.25, 0.3) is 0 Å². The second-order valence-corrected chi connectivity index (χ2v) is 7.79. The van der Waals surface area contributed by atoms with E-state index in [-0.39, 0.29) is 30.7 Å². The molecule has 2 saturated heterocycles. The van der Waals surface area contributed by atoms with Crippen LogP contribution in [0.2, 0.25) is 0 Å². The summed E-state index contributed by atoms with van der Waals surface area (Å²) in [5, 5.41) is 3.16. The van der Waals surface area contributed by atoms with Crippen molar-refractivity contribution in [1.82, 2.24) is 5.32 Å². The van der Waals surface area contributed by atoms with Crippen molar-refractivity contribution in [2.24, 2.45) is 0 Å². The number of ether oxygens (including phenoxy) is 1. The molecule has 1 N–H and O–H groups in total. The highest BCUT2D eigenvalue weighted by atomic mass is 16.5. The lowest BCUT2D eigenvalue weighted by atomic mass is 10.1. The van der Waals surface area contributed by atoms with E-state index in [1.807, 2.05) is 24.3 Å². The Hall–Kier alpha value is -3.52. The predicted octanol–water partition coefficient (Wildman–Crippen LogP) is 2.41. The van der Waals surface area contributed by atoms with Gasteiger partial charge in [0.2, 0.25) is 11.8 Å². The topological polar surface area (TPSA) is 96.0 Å². The Balaban J connectivity index is 1.37. The SMILES string of the molecule is CCOC(=O)c1ccc(N2C(=O)C[C@@H](NCc3ccc(N4CCCC4=O)cc3)C2=O)cc1. The van der Waals surface area contributed by atoms with Gasteiger partial charge in [-0.1, -0.05) is 12.1 Å². The van der Waals surface area contributed by atoms with Gasteiger partial charge in [0.05, 0.1) is 30.3 Å². The number of anilines is 2. The number of carbonyl (C=O) groups is 4. The monoisotopic (exact) mass is 435 g/mol. The average Bonchev–Trinajstić information content (AvgIpc) is 3.35. The number of imide groups is 1. The fourth-order valence-electron chi connectivity index (χ4n) is 3.98. The lowest BCUT2D eigenvalue weighted by Crippen LogP contribution is -2.38. The first-order valence-electron chi connectivity index (χ1n) is 10.7. The van der Waals surface area contributed by atoms with E-state index < -0.39 is 12.0 Å². The van der Waals surface area contributed by atoms with Crippen molar-refractivity contribution in [2.45, 2.75) is 38.8 Å². The Morgan fingerprint density at radius 3 is 2.31 bits per heavy atom. The van der Waals surface area contributed by atoms with Gasteiger partial charge in [-0.15, -0.1) is 0 Å². The number of carbonyl (C=O) groups excluding carboxylic acids is 4. The van der Waals surface area contributed by atoms with Gasteiger partial charge in [-0.2, -0.15) is 0 Å². The Morgan fingerprint density at radius 1 is 1.00 bits per heavy atom. The smallest absolute Gasteiger partial charge is 0.338 e. The second kappa shape index (κ2) is 9.32. The van der Waals surface area contributed by atoms with Gasteiger partial charge in [0.1, 0.15) is 0 Å². The zero-order valence-corrected chi connectivity index (χ0v) is 17.9. The summed E-state index contributed by atoms with van der Waals surface area (Å²) < 4.78 is 4.95. The molecule has 2 aromatic carbocycles. The van der Waals surface area contributed by atoms with Gasteiger partial charge in [-0.05, 0) is 55.3 Å². The standard InChI is InChI=1S/C24H25N3O5/c1-2-32-24(31)17-7-11-19(12-8-17)27-22(29)14-20(23(27)30)25-15-16-5-9-18(10-6-16)26-13-3-4-21(26)28/h5-12,20,25H,2-4,13-15H2,1H3/t20-/m1/s1. The molecule has 0 bridgehead atoms. The van der Waals surface area contributed by atoms with Crippen LogP contribution in [0.15, 0.2) is 48.5 Å². The third kappa shape index (κ3) is 4.40. The molecule has 2 aliphatic rings. The number of amides is 3. The van der Waals surface area contributed by atoms with E-state index in [1.165, 1.54) is 0 Å². The third-order valence-electron chi connectivity index (χ3n) is 5.66.